The van der Waals surface area contributed by atoms with Gasteiger partial charge in [-0.1, -0.05) is 18.2 Å². The van der Waals surface area contributed by atoms with Gasteiger partial charge in [0.1, 0.15) is 0 Å². The molecule has 0 unspecified atom stereocenters. The van der Waals surface area contributed by atoms with E-state index in [-0.39, 0.29) is 6.54 Å². The fourth-order valence-corrected chi connectivity index (χ4v) is 1.43. The smallest absolute Gasteiger partial charge is 0.0913 e. The molecule has 3 N–H and O–H groups in total. The number of fused-ring (bicyclic) bond motifs is 1. The number of hydrogen-bond acceptors (Lipinski definition) is 3. The van der Waals surface area contributed by atoms with Gasteiger partial charge in [-0.15, -0.1) is 0 Å². The Morgan fingerprint density at radius 3 is 3.00 bits per heavy atom. The Hall–Kier alpha value is -1.45. The molecule has 2 rings (SSSR count). The topological polar surface area (TPSA) is 59.1 Å². The molecule has 1 heterocycles. The Bertz CT molecular complexity index is 442. The summed E-state index contributed by atoms with van der Waals surface area (Å²) >= 11 is 0. The van der Waals surface area contributed by atoms with E-state index < -0.39 is 6.10 Å². The lowest BCUT2D eigenvalue weighted by atomic mass is 10.1. The lowest BCUT2D eigenvalue weighted by Crippen LogP contribution is -2.11. The second-order valence-electron chi connectivity index (χ2n) is 3.21. The van der Waals surface area contributed by atoms with E-state index in [0.29, 0.717) is 0 Å². The molecule has 0 radical (unpaired) electrons. The maximum atomic E-state index is 9.54. The Morgan fingerprint density at radius 2 is 2.21 bits per heavy atom. The molecule has 0 aliphatic rings. The molecule has 1 atom stereocenters. The van der Waals surface area contributed by atoms with Crippen LogP contribution in [0, 0.1) is 0 Å². The number of benzene rings is 1. The van der Waals surface area contributed by atoms with Crippen molar-refractivity contribution in [1.82, 2.24) is 4.98 Å². The SMILES string of the molecule is NC[C@H](O)c1ccc2cccnc2c1. The predicted octanol–water partition coefficient (Wildman–Crippen LogP) is 1.23. The van der Waals surface area contributed by atoms with E-state index in [2.05, 4.69) is 4.98 Å². The largest absolute Gasteiger partial charge is 0.387 e. The molecule has 0 aliphatic heterocycles. The maximum Gasteiger partial charge on any atom is 0.0913 e. The predicted molar refractivity (Wildman–Crippen MR) is 55.8 cm³/mol. The third-order valence-corrected chi connectivity index (χ3v) is 2.24. The van der Waals surface area contributed by atoms with E-state index in [4.69, 9.17) is 5.73 Å². The van der Waals surface area contributed by atoms with Crippen LogP contribution in [0.3, 0.4) is 0 Å². The molecule has 0 amide bonds. The fraction of sp³-hybridized carbons (Fsp3) is 0.182. The third kappa shape index (κ3) is 1.60. The molecule has 3 nitrogen and oxygen atoms in total. The Labute approximate surface area is 82.2 Å². The van der Waals surface area contributed by atoms with Gasteiger partial charge in [0.15, 0.2) is 0 Å². The summed E-state index contributed by atoms with van der Waals surface area (Å²) in [4.78, 5) is 4.21. The van der Waals surface area contributed by atoms with Crippen molar-refractivity contribution in [2.75, 3.05) is 6.54 Å². The number of nitrogens with two attached hydrogens (primary N) is 1. The normalized spacial score (nSPS) is 13.0. The van der Waals surface area contributed by atoms with E-state index in [1.807, 2.05) is 30.3 Å². The van der Waals surface area contributed by atoms with Crippen LogP contribution in [0.2, 0.25) is 0 Å². The summed E-state index contributed by atoms with van der Waals surface area (Å²) in [6, 6.07) is 9.56. The summed E-state index contributed by atoms with van der Waals surface area (Å²) in [5.41, 5.74) is 7.08. The van der Waals surface area contributed by atoms with Crippen LogP contribution in [-0.4, -0.2) is 16.6 Å². The van der Waals surface area contributed by atoms with Crippen molar-refractivity contribution >= 4 is 10.9 Å². The molecule has 0 bridgehead atoms. The maximum absolute atomic E-state index is 9.54. The van der Waals surface area contributed by atoms with Crippen LogP contribution in [-0.2, 0) is 0 Å². The summed E-state index contributed by atoms with van der Waals surface area (Å²) in [5.74, 6) is 0. The fourth-order valence-electron chi connectivity index (χ4n) is 1.43. The molecule has 0 saturated carbocycles. The first kappa shape index (κ1) is 9.12. The lowest BCUT2D eigenvalue weighted by molar-refractivity contribution is 0.187. The average molecular weight is 188 g/mol. The molecular formula is C11H12N2O. The van der Waals surface area contributed by atoms with Gasteiger partial charge >= 0.3 is 0 Å². The Morgan fingerprint density at radius 1 is 1.36 bits per heavy atom. The van der Waals surface area contributed by atoms with E-state index in [1.165, 1.54) is 0 Å². The molecule has 0 fully saturated rings. The molecule has 1 aromatic heterocycles. The van der Waals surface area contributed by atoms with Crippen molar-refractivity contribution in [2.24, 2.45) is 5.73 Å². The van der Waals surface area contributed by atoms with Crippen LogP contribution in [0.25, 0.3) is 10.9 Å². The molecule has 0 saturated heterocycles. The van der Waals surface area contributed by atoms with Gasteiger partial charge in [-0.05, 0) is 17.7 Å². The summed E-state index contributed by atoms with van der Waals surface area (Å²) in [6.45, 7) is 0.234. The van der Waals surface area contributed by atoms with Gasteiger partial charge in [-0.3, -0.25) is 4.98 Å². The van der Waals surface area contributed by atoms with Crippen LogP contribution in [0.5, 0.6) is 0 Å². The minimum Gasteiger partial charge on any atom is -0.387 e. The van der Waals surface area contributed by atoms with Gasteiger partial charge in [0.2, 0.25) is 0 Å². The first-order valence-electron chi connectivity index (χ1n) is 4.54. The average Bonchev–Trinajstić information content (AvgIpc) is 2.27. The van der Waals surface area contributed by atoms with Crippen molar-refractivity contribution < 1.29 is 5.11 Å². The minimum absolute atomic E-state index is 0.234. The van der Waals surface area contributed by atoms with Crippen molar-refractivity contribution in [2.45, 2.75) is 6.10 Å². The standard InChI is InChI=1S/C11H12N2O/c12-7-11(14)9-4-3-8-2-1-5-13-10(8)6-9/h1-6,11,14H,7,12H2/t11-/m0/s1. The van der Waals surface area contributed by atoms with Crippen molar-refractivity contribution in [3.8, 4) is 0 Å². The van der Waals surface area contributed by atoms with Crippen LogP contribution in [0.15, 0.2) is 36.5 Å². The zero-order valence-electron chi connectivity index (χ0n) is 7.72. The monoisotopic (exact) mass is 188 g/mol. The molecule has 0 spiro atoms. The molecule has 3 heteroatoms. The quantitative estimate of drug-likeness (QED) is 0.745. The Kier molecular flexibility index (Phi) is 2.43. The van der Waals surface area contributed by atoms with Crippen molar-refractivity contribution in [3.63, 3.8) is 0 Å². The first-order valence-corrected chi connectivity index (χ1v) is 4.54. The van der Waals surface area contributed by atoms with E-state index in [0.717, 1.165) is 16.5 Å². The number of nitrogens with zero attached hydrogens (tertiary/aromatic N) is 1. The van der Waals surface area contributed by atoms with Crippen LogP contribution >= 0.6 is 0 Å². The number of hydrogen-bond donors (Lipinski definition) is 2. The zero-order valence-corrected chi connectivity index (χ0v) is 7.72. The minimum atomic E-state index is -0.596. The van der Waals surface area contributed by atoms with Crippen LogP contribution in [0.4, 0.5) is 0 Å². The third-order valence-electron chi connectivity index (χ3n) is 2.24. The summed E-state index contributed by atoms with van der Waals surface area (Å²) in [7, 11) is 0. The van der Waals surface area contributed by atoms with Crippen molar-refractivity contribution in [1.29, 1.82) is 0 Å². The molecule has 72 valence electrons. The number of aliphatic hydroxyl groups excluding tert-OH is 1. The second-order valence-corrected chi connectivity index (χ2v) is 3.21. The zero-order chi connectivity index (χ0) is 9.97. The Balaban J connectivity index is 2.51. The van der Waals surface area contributed by atoms with E-state index >= 15 is 0 Å². The number of rotatable bonds is 2. The summed E-state index contributed by atoms with van der Waals surface area (Å²) in [5, 5.41) is 10.6. The lowest BCUT2D eigenvalue weighted by Gasteiger charge is -2.08. The van der Waals surface area contributed by atoms with Gasteiger partial charge < -0.3 is 10.8 Å². The van der Waals surface area contributed by atoms with Gasteiger partial charge in [0.25, 0.3) is 0 Å². The summed E-state index contributed by atoms with van der Waals surface area (Å²) in [6.07, 6.45) is 1.14. The highest BCUT2D eigenvalue weighted by Crippen LogP contribution is 2.17. The number of pyridine rings is 1. The molecule has 1 aromatic carbocycles. The van der Waals surface area contributed by atoms with Crippen molar-refractivity contribution in [3.05, 3.63) is 42.1 Å². The van der Waals surface area contributed by atoms with Gasteiger partial charge in [-0.25, -0.2) is 0 Å². The summed E-state index contributed by atoms with van der Waals surface area (Å²) < 4.78 is 0. The van der Waals surface area contributed by atoms with Gasteiger partial charge in [0.05, 0.1) is 11.6 Å². The molecule has 2 aromatic rings. The molecule has 0 aliphatic carbocycles. The van der Waals surface area contributed by atoms with E-state index in [1.54, 1.807) is 6.20 Å². The number of aliphatic hydroxyl groups is 1. The number of aromatic nitrogens is 1. The van der Waals surface area contributed by atoms with Crippen LogP contribution in [0.1, 0.15) is 11.7 Å². The van der Waals surface area contributed by atoms with Gasteiger partial charge in [-0.2, -0.15) is 0 Å². The highest BCUT2D eigenvalue weighted by atomic mass is 16.3. The highest BCUT2D eigenvalue weighted by molar-refractivity contribution is 5.78. The highest BCUT2D eigenvalue weighted by Gasteiger charge is 2.05. The van der Waals surface area contributed by atoms with Gasteiger partial charge in [0, 0.05) is 18.1 Å². The van der Waals surface area contributed by atoms with E-state index in [9.17, 15) is 5.11 Å². The molecule has 14 heavy (non-hydrogen) atoms. The molecular weight excluding hydrogens is 176 g/mol. The van der Waals surface area contributed by atoms with Crippen LogP contribution < -0.4 is 5.73 Å². The first-order chi connectivity index (χ1) is 6.81. The second kappa shape index (κ2) is 3.74.